The number of carbonyl (C=O) groups is 3. The quantitative estimate of drug-likeness (QED) is 0.227. The number of aliphatic hydroxyl groups excluding tert-OH is 2. The van der Waals surface area contributed by atoms with Crippen LogP contribution in [0.1, 0.15) is 55.7 Å². The van der Waals surface area contributed by atoms with Gasteiger partial charge in [-0.3, -0.25) is 9.69 Å². The molecule has 7 atom stereocenters. The van der Waals surface area contributed by atoms with Crippen LogP contribution in [0.2, 0.25) is 0 Å². The van der Waals surface area contributed by atoms with E-state index in [1.807, 2.05) is 37.3 Å². The van der Waals surface area contributed by atoms with Crippen molar-refractivity contribution >= 4 is 17.8 Å². The van der Waals surface area contributed by atoms with E-state index < -0.39 is 47.3 Å². The molecule has 7 rings (SSSR count). The summed E-state index contributed by atoms with van der Waals surface area (Å²) in [7, 11) is 0. The molecule has 2 aromatic rings. The Morgan fingerprint density at radius 2 is 1.72 bits per heavy atom. The molecule has 1 saturated heterocycles. The molecule has 3 aliphatic carbocycles. The second-order valence-corrected chi connectivity index (χ2v) is 13.2. The summed E-state index contributed by atoms with van der Waals surface area (Å²) in [6, 6.07) is 11.0. The molecule has 5 aliphatic rings. The third-order valence-corrected chi connectivity index (χ3v) is 10.4. The molecule has 0 aromatic heterocycles. The summed E-state index contributed by atoms with van der Waals surface area (Å²) in [5.74, 6) is -1.78. The minimum atomic E-state index is -2.27. The summed E-state index contributed by atoms with van der Waals surface area (Å²) in [6.07, 6.45) is 0.119. The summed E-state index contributed by atoms with van der Waals surface area (Å²) in [4.78, 5) is 41.3. The topological polar surface area (TPSA) is 198 Å². The maximum Gasteiger partial charge on any atom is 0.335 e. The molecular weight excluding hydrogens is 600 g/mol. The number of nitrogens with zero attached hydrogens (tertiary/aromatic N) is 2. The minimum Gasteiger partial charge on any atom is -0.504 e. The highest BCUT2D eigenvalue weighted by molar-refractivity contribution is 5.83. The fourth-order valence-corrected chi connectivity index (χ4v) is 8.10. The molecule has 0 radical (unpaired) electrons. The normalized spacial score (nSPS) is 30.1. The third kappa shape index (κ3) is 5.05. The predicted molar refractivity (Wildman–Crippen MR) is 160 cm³/mol. The first-order valence-corrected chi connectivity index (χ1v) is 15.6. The molecule has 46 heavy (non-hydrogen) atoms. The molecule has 1 amide bonds. The van der Waals surface area contributed by atoms with Crippen LogP contribution in [-0.2, 0) is 26.2 Å². The number of hydrogen-bond acceptors (Lipinski definition) is 10. The van der Waals surface area contributed by atoms with Crippen molar-refractivity contribution in [1.29, 1.82) is 0 Å². The van der Waals surface area contributed by atoms with Crippen LogP contribution in [0.4, 0.5) is 0 Å². The number of hydrogen-bond donors (Lipinski definition) is 6. The van der Waals surface area contributed by atoms with E-state index in [9.17, 15) is 24.6 Å². The van der Waals surface area contributed by atoms with E-state index in [0.717, 1.165) is 48.5 Å². The average Bonchev–Trinajstić information content (AvgIpc) is 3.76. The zero-order valence-corrected chi connectivity index (χ0v) is 25.7. The number of para-hydroxylation sites is 1. The van der Waals surface area contributed by atoms with Crippen molar-refractivity contribution in [2.24, 2.45) is 5.92 Å². The molecule has 2 aromatic carbocycles. The van der Waals surface area contributed by atoms with E-state index in [1.54, 1.807) is 6.07 Å². The molecule has 2 heterocycles. The van der Waals surface area contributed by atoms with E-state index in [2.05, 4.69) is 4.90 Å². The maximum absolute atomic E-state index is 13.0. The van der Waals surface area contributed by atoms with Gasteiger partial charge in [-0.15, -0.1) is 0 Å². The van der Waals surface area contributed by atoms with E-state index >= 15 is 0 Å². The lowest BCUT2D eigenvalue weighted by molar-refractivity contribution is -0.225. The fraction of sp³-hybridized carbons (Fsp3) is 0.545. The Bertz CT molecular complexity index is 1530. The van der Waals surface area contributed by atoms with Gasteiger partial charge in [-0.2, -0.15) is 5.06 Å². The number of rotatable bonds is 8. The molecule has 3 fully saturated rings. The first-order chi connectivity index (χ1) is 21.8. The van der Waals surface area contributed by atoms with Crippen LogP contribution in [0.3, 0.4) is 0 Å². The van der Waals surface area contributed by atoms with Crippen molar-refractivity contribution in [2.45, 2.75) is 93.8 Å². The molecule has 6 N–H and O–H groups in total. The zero-order chi connectivity index (χ0) is 33.1. The second-order valence-electron chi connectivity index (χ2n) is 13.2. The number of carbonyl (C=O) groups excluding carboxylic acids is 1. The number of likely N-dealkylation sites (tertiary alicyclic amines) is 1. The van der Waals surface area contributed by atoms with Crippen molar-refractivity contribution in [1.82, 2.24) is 9.96 Å². The van der Waals surface area contributed by atoms with E-state index in [0.29, 0.717) is 24.3 Å². The third-order valence-electron chi connectivity index (χ3n) is 10.4. The van der Waals surface area contributed by atoms with Crippen LogP contribution in [0.5, 0.6) is 17.2 Å². The fourth-order valence-electron chi connectivity index (χ4n) is 8.10. The van der Waals surface area contributed by atoms with Gasteiger partial charge in [-0.1, -0.05) is 24.3 Å². The number of amides is 1. The Morgan fingerprint density at radius 1 is 1.04 bits per heavy atom. The van der Waals surface area contributed by atoms with Crippen LogP contribution in [0, 0.1) is 12.8 Å². The number of aromatic hydroxyl groups is 1. The Morgan fingerprint density at radius 3 is 2.33 bits per heavy atom. The number of benzene rings is 2. The summed E-state index contributed by atoms with van der Waals surface area (Å²) in [5.41, 5.74) is 1.37. The van der Waals surface area contributed by atoms with Gasteiger partial charge in [0, 0.05) is 25.1 Å². The predicted octanol–water partition coefficient (Wildman–Crippen LogP) is 1.35. The number of carboxylic acids is 2. The van der Waals surface area contributed by atoms with Crippen molar-refractivity contribution in [2.75, 3.05) is 13.1 Å². The Kier molecular flexibility index (Phi) is 8.16. The molecule has 13 nitrogen and oxygen atoms in total. The van der Waals surface area contributed by atoms with Crippen LogP contribution in [0.25, 0.3) is 0 Å². The molecule has 1 spiro atoms. The van der Waals surface area contributed by atoms with Crippen LogP contribution >= 0.6 is 0 Å². The number of piperidine rings is 1. The van der Waals surface area contributed by atoms with Gasteiger partial charge in [-0.05, 0) is 81.2 Å². The Labute approximate surface area is 265 Å². The van der Waals surface area contributed by atoms with Crippen LogP contribution in [-0.4, -0.2) is 108 Å². The smallest absolute Gasteiger partial charge is 0.335 e. The highest BCUT2D eigenvalue weighted by Crippen LogP contribution is 2.66. The lowest BCUT2D eigenvalue weighted by atomic mass is 9.48. The van der Waals surface area contributed by atoms with Gasteiger partial charge >= 0.3 is 11.9 Å². The van der Waals surface area contributed by atoms with E-state index in [4.69, 9.17) is 30.0 Å². The first-order valence-electron chi connectivity index (χ1n) is 15.6. The average molecular weight is 641 g/mol. The number of phenolic OH excluding ortho intramolecular Hbond substituents is 1. The molecule has 248 valence electrons. The summed E-state index contributed by atoms with van der Waals surface area (Å²) >= 11 is 0. The second kappa shape index (κ2) is 11.7. The van der Waals surface area contributed by atoms with Crippen LogP contribution in [0.15, 0.2) is 36.4 Å². The van der Waals surface area contributed by atoms with Gasteiger partial charge in [0.2, 0.25) is 0 Å². The Balaban J connectivity index is 0.000000324. The molecule has 2 aliphatic heterocycles. The number of aliphatic hydroxyl groups is 3. The number of ether oxygens (including phenoxy) is 1. The molecular formula is C33H40N2O11. The monoisotopic (exact) mass is 640 g/mol. The van der Waals surface area contributed by atoms with Gasteiger partial charge in [0.05, 0.1) is 11.0 Å². The number of hydroxylamine groups is 2. The lowest BCUT2D eigenvalue weighted by Crippen LogP contribution is -2.78. The Hall–Kier alpha value is -3.91. The largest absolute Gasteiger partial charge is 0.504 e. The number of phenols is 1. The standard InChI is InChI=1S/C29H34N2O5.C4H6O6/c1-17-5-3-4-6-23(17)36-31(18(2)32)21-11-12-29(34)24-15-20-9-10-22(33)26-25(20)28(29,27(21)35-26)13-14-30(24)16-19-7-8-19;5-1(3(7)8)2(6)4(9)10/h3-6,9-10,19,21,24,27,33-34H,7-8,11-16H2,1-2H3;1-2,5-6H,(H,7,8)(H,9,10)/t21-,24-,27+,28+,29-;/m1./s1. The van der Waals surface area contributed by atoms with E-state index in [-0.39, 0.29) is 17.7 Å². The summed E-state index contributed by atoms with van der Waals surface area (Å²) in [6.45, 7) is 5.39. The highest BCUT2D eigenvalue weighted by Gasteiger charge is 2.74. The van der Waals surface area contributed by atoms with Gasteiger partial charge in [0.25, 0.3) is 5.91 Å². The van der Waals surface area contributed by atoms with Crippen molar-refractivity contribution in [3.05, 3.63) is 53.1 Å². The molecule has 2 unspecified atom stereocenters. The van der Waals surface area contributed by atoms with Crippen LogP contribution < -0.4 is 9.57 Å². The van der Waals surface area contributed by atoms with Gasteiger partial charge in [-0.25, -0.2) is 9.59 Å². The number of aliphatic carboxylic acids is 2. The van der Waals surface area contributed by atoms with E-state index in [1.165, 1.54) is 24.8 Å². The summed E-state index contributed by atoms with van der Waals surface area (Å²) in [5, 5.41) is 57.5. The lowest BCUT2D eigenvalue weighted by Gasteiger charge is -2.64. The molecule has 2 bridgehead atoms. The summed E-state index contributed by atoms with van der Waals surface area (Å²) < 4.78 is 6.61. The molecule has 2 saturated carbocycles. The van der Waals surface area contributed by atoms with Crippen molar-refractivity contribution in [3.63, 3.8) is 0 Å². The van der Waals surface area contributed by atoms with Crippen molar-refractivity contribution < 1.29 is 54.6 Å². The first kappa shape index (κ1) is 32.0. The van der Waals surface area contributed by atoms with Gasteiger partial charge < -0.3 is 40.2 Å². The zero-order valence-electron chi connectivity index (χ0n) is 25.7. The van der Waals surface area contributed by atoms with Crippen molar-refractivity contribution in [3.8, 4) is 17.2 Å². The van der Waals surface area contributed by atoms with Gasteiger partial charge in [0.1, 0.15) is 12.1 Å². The minimum absolute atomic E-state index is 0.00459. The number of carboxylic acid groups (broad SMARTS) is 2. The molecule has 13 heteroatoms. The maximum atomic E-state index is 13.0. The number of aryl methyl sites for hydroxylation is 1. The van der Waals surface area contributed by atoms with Gasteiger partial charge in [0.15, 0.2) is 29.5 Å². The highest BCUT2D eigenvalue weighted by atomic mass is 16.7. The SMILES string of the molecule is CC(=O)N(Oc1ccccc1C)[C@@H]1CC[C@@]2(O)[C@H]3Cc4ccc(O)c5c4[C@@]2(CCN3CC2CC2)[C@H]1O5.O=C(O)C(O)C(O)C(=O)O.